The number of hydrogen-bond acceptors (Lipinski definition) is 4. The monoisotopic (exact) mass is 187 g/mol. The molecule has 0 aliphatic heterocycles. The van der Waals surface area contributed by atoms with Crippen molar-refractivity contribution < 1.29 is 14.8 Å². The Morgan fingerprint density at radius 1 is 1.50 bits per heavy atom. The molecule has 0 spiro atoms. The van der Waals surface area contributed by atoms with Crippen LogP contribution >= 0.6 is 11.6 Å². The zero-order valence-corrected chi connectivity index (χ0v) is 7.12. The van der Waals surface area contributed by atoms with Crippen LogP contribution in [0.5, 0.6) is 5.88 Å². The Bertz CT molecular complexity index is 281. The number of aromatic nitrogens is 1. The molecule has 0 bridgehead atoms. The van der Waals surface area contributed by atoms with E-state index in [9.17, 15) is 0 Å². The molecule has 1 heterocycles. The molecular formula is C6H7BClNO3. The predicted molar refractivity (Wildman–Crippen MR) is 45.6 cm³/mol. The van der Waals surface area contributed by atoms with Gasteiger partial charge >= 0.3 is 7.12 Å². The largest absolute Gasteiger partial charge is 0.488 e. The van der Waals surface area contributed by atoms with E-state index in [1.54, 1.807) is 0 Å². The van der Waals surface area contributed by atoms with Crippen molar-refractivity contribution in [1.29, 1.82) is 0 Å². The van der Waals surface area contributed by atoms with Gasteiger partial charge in [-0.15, -0.1) is 0 Å². The summed E-state index contributed by atoms with van der Waals surface area (Å²) in [5.74, 6) is 0.255. The molecule has 0 fully saturated rings. The topological polar surface area (TPSA) is 62.6 Å². The standard InChI is InChI=1S/C6H7BClNO3/c1-12-6-3-4(7(10)11)2-5(8)9-6/h2-3,10-11H,1H3. The van der Waals surface area contributed by atoms with Crippen LogP contribution in [-0.4, -0.2) is 29.3 Å². The quantitative estimate of drug-likeness (QED) is 0.480. The third kappa shape index (κ3) is 2.10. The van der Waals surface area contributed by atoms with E-state index in [1.807, 2.05) is 0 Å². The minimum absolute atomic E-state index is 0.164. The van der Waals surface area contributed by atoms with Crippen LogP contribution in [0.2, 0.25) is 5.15 Å². The second-order valence-corrected chi connectivity index (χ2v) is 2.53. The van der Waals surface area contributed by atoms with Gasteiger partial charge in [-0.2, -0.15) is 0 Å². The lowest BCUT2D eigenvalue weighted by Crippen LogP contribution is -2.30. The first-order chi connectivity index (χ1) is 5.63. The van der Waals surface area contributed by atoms with Gasteiger partial charge in [-0.25, -0.2) is 4.98 Å². The normalized spacial score (nSPS) is 9.67. The van der Waals surface area contributed by atoms with E-state index in [-0.39, 0.29) is 16.5 Å². The molecule has 0 aromatic carbocycles. The first kappa shape index (κ1) is 9.31. The van der Waals surface area contributed by atoms with Crippen LogP contribution in [0.15, 0.2) is 12.1 Å². The SMILES string of the molecule is COc1cc(B(O)O)cc(Cl)n1. The summed E-state index contributed by atoms with van der Waals surface area (Å²) in [5, 5.41) is 17.7. The fourth-order valence-electron chi connectivity index (χ4n) is 0.745. The van der Waals surface area contributed by atoms with Crippen molar-refractivity contribution in [1.82, 2.24) is 4.98 Å². The molecule has 0 radical (unpaired) electrons. The fourth-order valence-corrected chi connectivity index (χ4v) is 0.955. The lowest BCUT2D eigenvalue weighted by atomic mass is 9.81. The Morgan fingerprint density at radius 3 is 2.67 bits per heavy atom. The first-order valence-corrected chi connectivity index (χ1v) is 3.59. The van der Waals surface area contributed by atoms with Gasteiger partial charge in [0.05, 0.1) is 7.11 Å². The zero-order valence-electron chi connectivity index (χ0n) is 6.36. The highest BCUT2D eigenvalue weighted by molar-refractivity contribution is 6.59. The third-order valence-electron chi connectivity index (χ3n) is 1.30. The van der Waals surface area contributed by atoms with E-state index in [1.165, 1.54) is 19.2 Å². The average Bonchev–Trinajstić information content (AvgIpc) is 2.03. The highest BCUT2D eigenvalue weighted by atomic mass is 35.5. The van der Waals surface area contributed by atoms with Gasteiger partial charge in [0.1, 0.15) is 5.15 Å². The van der Waals surface area contributed by atoms with E-state index < -0.39 is 7.12 Å². The molecule has 12 heavy (non-hydrogen) atoms. The zero-order chi connectivity index (χ0) is 9.14. The molecular weight excluding hydrogens is 180 g/mol. The van der Waals surface area contributed by atoms with Gasteiger partial charge < -0.3 is 14.8 Å². The van der Waals surface area contributed by atoms with E-state index in [4.69, 9.17) is 26.4 Å². The van der Waals surface area contributed by atoms with Crippen LogP contribution < -0.4 is 10.2 Å². The maximum Gasteiger partial charge on any atom is 0.488 e. The fraction of sp³-hybridized carbons (Fsp3) is 0.167. The van der Waals surface area contributed by atoms with Crippen LogP contribution in [0, 0.1) is 0 Å². The molecule has 1 aromatic heterocycles. The lowest BCUT2D eigenvalue weighted by molar-refractivity contribution is 0.396. The summed E-state index contributed by atoms with van der Waals surface area (Å²) in [4.78, 5) is 3.76. The number of pyridine rings is 1. The van der Waals surface area contributed by atoms with E-state index >= 15 is 0 Å². The summed E-state index contributed by atoms with van der Waals surface area (Å²) in [5.41, 5.74) is 0.256. The van der Waals surface area contributed by atoms with Gasteiger partial charge in [0, 0.05) is 6.07 Å². The van der Waals surface area contributed by atoms with Gasteiger partial charge in [0.15, 0.2) is 0 Å². The summed E-state index contributed by atoms with van der Waals surface area (Å²) < 4.78 is 4.77. The maximum absolute atomic E-state index is 8.78. The molecule has 0 unspecified atom stereocenters. The Labute approximate surface area is 74.9 Å². The number of hydrogen-bond donors (Lipinski definition) is 2. The number of nitrogens with zero attached hydrogens (tertiary/aromatic N) is 1. The van der Waals surface area contributed by atoms with Crippen molar-refractivity contribution in [2.45, 2.75) is 0 Å². The van der Waals surface area contributed by atoms with Crippen molar-refractivity contribution in [3.8, 4) is 5.88 Å². The number of methoxy groups -OCH3 is 1. The molecule has 0 aliphatic rings. The molecule has 0 aliphatic carbocycles. The van der Waals surface area contributed by atoms with Crippen molar-refractivity contribution in [2.24, 2.45) is 0 Å². The molecule has 2 N–H and O–H groups in total. The Kier molecular flexibility index (Phi) is 2.91. The smallest absolute Gasteiger partial charge is 0.481 e. The van der Waals surface area contributed by atoms with Crippen molar-refractivity contribution >= 4 is 24.2 Å². The Balaban J connectivity index is 3.06. The second-order valence-electron chi connectivity index (χ2n) is 2.14. The Morgan fingerprint density at radius 2 is 2.17 bits per heavy atom. The van der Waals surface area contributed by atoms with Crippen LogP contribution in [0.3, 0.4) is 0 Å². The van der Waals surface area contributed by atoms with Crippen LogP contribution in [0.1, 0.15) is 0 Å². The highest BCUT2D eigenvalue weighted by Crippen LogP contribution is 2.09. The lowest BCUT2D eigenvalue weighted by Gasteiger charge is -2.02. The molecule has 64 valence electrons. The van der Waals surface area contributed by atoms with E-state index in [0.717, 1.165) is 0 Å². The average molecular weight is 187 g/mol. The molecule has 1 rings (SSSR count). The number of halogens is 1. The summed E-state index contributed by atoms with van der Waals surface area (Å²) in [7, 11) is -0.133. The minimum atomic E-state index is -1.56. The van der Waals surface area contributed by atoms with Gasteiger partial charge in [0.2, 0.25) is 5.88 Å². The van der Waals surface area contributed by atoms with Gasteiger partial charge in [-0.1, -0.05) is 11.6 Å². The molecule has 0 atom stereocenters. The molecule has 0 saturated carbocycles. The first-order valence-electron chi connectivity index (χ1n) is 3.21. The van der Waals surface area contributed by atoms with Crippen molar-refractivity contribution in [3.05, 3.63) is 17.3 Å². The summed E-state index contributed by atoms with van der Waals surface area (Å²) in [6, 6.07) is 2.76. The molecule has 4 nitrogen and oxygen atoms in total. The summed E-state index contributed by atoms with van der Waals surface area (Å²) >= 11 is 5.56. The van der Waals surface area contributed by atoms with Gasteiger partial charge in [-0.05, 0) is 11.5 Å². The van der Waals surface area contributed by atoms with E-state index in [2.05, 4.69) is 4.98 Å². The highest BCUT2D eigenvalue weighted by Gasteiger charge is 2.13. The summed E-state index contributed by atoms with van der Waals surface area (Å²) in [6.07, 6.45) is 0. The number of rotatable bonds is 2. The van der Waals surface area contributed by atoms with Crippen molar-refractivity contribution in [3.63, 3.8) is 0 Å². The minimum Gasteiger partial charge on any atom is -0.481 e. The third-order valence-corrected chi connectivity index (χ3v) is 1.49. The van der Waals surface area contributed by atoms with Gasteiger partial charge in [-0.3, -0.25) is 0 Å². The molecule has 0 amide bonds. The Hall–Kier alpha value is -0.775. The molecule has 6 heteroatoms. The van der Waals surface area contributed by atoms with Gasteiger partial charge in [0.25, 0.3) is 0 Å². The van der Waals surface area contributed by atoms with Crippen LogP contribution in [-0.2, 0) is 0 Å². The maximum atomic E-state index is 8.78. The number of ether oxygens (including phenoxy) is 1. The molecule has 0 saturated heterocycles. The van der Waals surface area contributed by atoms with Crippen LogP contribution in [0.25, 0.3) is 0 Å². The van der Waals surface area contributed by atoms with Crippen LogP contribution in [0.4, 0.5) is 0 Å². The second kappa shape index (κ2) is 3.75. The van der Waals surface area contributed by atoms with Crippen molar-refractivity contribution in [2.75, 3.05) is 7.11 Å². The summed E-state index contributed by atoms with van der Waals surface area (Å²) in [6.45, 7) is 0. The molecule has 1 aromatic rings. The predicted octanol–water partition coefficient (Wildman–Crippen LogP) is -0.577. The van der Waals surface area contributed by atoms with E-state index in [0.29, 0.717) is 0 Å².